The minimum absolute atomic E-state index is 0.584. The van der Waals surface area contributed by atoms with Gasteiger partial charge in [-0.2, -0.15) is 5.10 Å². The second-order valence-electron chi connectivity index (χ2n) is 10.5. The predicted molar refractivity (Wildman–Crippen MR) is 153 cm³/mol. The highest BCUT2D eigenvalue weighted by Gasteiger charge is 2.21. The highest BCUT2D eigenvalue weighted by molar-refractivity contribution is 6.01. The van der Waals surface area contributed by atoms with Crippen LogP contribution in [0.4, 0.5) is 11.4 Å². The molecule has 6 nitrogen and oxygen atoms in total. The molecule has 1 saturated carbocycles. The predicted octanol–water partition coefficient (Wildman–Crippen LogP) is 7.49. The lowest BCUT2D eigenvalue weighted by Crippen LogP contribution is -2.29. The van der Waals surface area contributed by atoms with Gasteiger partial charge in [0.15, 0.2) is 0 Å². The van der Waals surface area contributed by atoms with Crippen LogP contribution in [-0.4, -0.2) is 33.3 Å². The van der Waals surface area contributed by atoms with E-state index in [4.69, 9.17) is 5.10 Å². The zero-order valence-electron chi connectivity index (χ0n) is 21.1. The van der Waals surface area contributed by atoms with Gasteiger partial charge >= 0.3 is 0 Å². The van der Waals surface area contributed by atoms with Crippen LogP contribution in [0.1, 0.15) is 38.5 Å². The average Bonchev–Trinajstić information content (AvgIpc) is 3.52. The van der Waals surface area contributed by atoms with Crippen molar-refractivity contribution in [1.82, 2.24) is 20.2 Å². The molecule has 37 heavy (non-hydrogen) atoms. The summed E-state index contributed by atoms with van der Waals surface area (Å²) in [5.41, 5.74) is 9.75. The van der Waals surface area contributed by atoms with Crippen LogP contribution in [0.5, 0.6) is 0 Å². The quantitative estimate of drug-likeness (QED) is 0.231. The number of piperidine rings is 1. The first-order valence-electron chi connectivity index (χ1n) is 13.5. The third-order valence-corrected chi connectivity index (χ3v) is 8.13. The molecule has 1 aliphatic heterocycles. The van der Waals surface area contributed by atoms with Gasteiger partial charge in [0.05, 0.1) is 23.1 Å². The number of rotatable bonds is 6. The molecule has 1 aliphatic carbocycles. The molecule has 6 heteroatoms. The molecule has 0 atom stereocenters. The third kappa shape index (κ3) is 4.06. The Morgan fingerprint density at radius 3 is 2.62 bits per heavy atom. The standard InChI is InChI=1S/C31H32N6/c1-20(21-7-5-8-21)33-24-15-23(18-32-19-24)22-11-12-28-26(16-22)31(36-35-28)29-17-25-27(34-29)9-6-10-30(25)37-13-3-2-4-14-37/h6,9-12,15-19,21,33-34H,1-5,7-8,13-14H2,(H,35,36). The molecule has 3 N–H and O–H groups in total. The van der Waals surface area contributed by atoms with Crippen molar-refractivity contribution >= 4 is 33.2 Å². The Balaban J connectivity index is 1.23. The Labute approximate surface area is 216 Å². The number of hydrogen-bond donors (Lipinski definition) is 3. The first-order chi connectivity index (χ1) is 18.2. The van der Waals surface area contributed by atoms with Crippen LogP contribution in [0, 0.1) is 5.92 Å². The van der Waals surface area contributed by atoms with Gasteiger partial charge < -0.3 is 15.2 Å². The summed E-state index contributed by atoms with van der Waals surface area (Å²) in [5, 5.41) is 13.8. The van der Waals surface area contributed by atoms with E-state index in [1.165, 1.54) is 49.6 Å². The number of anilines is 2. The summed E-state index contributed by atoms with van der Waals surface area (Å²) < 4.78 is 0. The maximum Gasteiger partial charge on any atom is 0.116 e. The number of benzene rings is 2. The average molecular weight is 489 g/mol. The SMILES string of the molecule is C=C(Nc1cncc(-c2ccc3[nH]nc(-c4cc5c(N6CCCCC6)cccc5[nH]4)c3c2)c1)C1CCC1. The van der Waals surface area contributed by atoms with Gasteiger partial charge in [0, 0.05) is 52.5 Å². The van der Waals surface area contributed by atoms with E-state index in [2.05, 4.69) is 80.4 Å². The maximum atomic E-state index is 4.72. The molecular weight excluding hydrogens is 456 g/mol. The summed E-state index contributed by atoms with van der Waals surface area (Å²) in [4.78, 5) is 10.7. The van der Waals surface area contributed by atoms with E-state index >= 15 is 0 Å². The van der Waals surface area contributed by atoms with Crippen molar-refractivity contribution in [3.05, 3.63) is 73.2 Å². The molecule has 4 heterocycles. The van der Waals surface area contributed by atoms with Crippen molar-refractivity contribution in [2.45, 2.75) is 38.5 Å². The topological polar surface area (TPSA) is 72.6 Å². The van der Waals surface area contributed by atoms with Crippen molar-refractivity contribution in [2.75, 3.05) is 23.3 Å². The summed E-state index contributed by atoms with van der Waals surface area (Å²) in [5.74, 6) is 0.584. The van der Waals surface area contributed by atoms with Crippen LogP contribution in [-0.2, 0) is 0 Å². The number of nitrogens with one attached hydrogen (secondary N) is 3. The molecule has 0 unspecified atom stereocenters. The smallest absolute Gasteiger partial charge is 0.116 e. The lowest BCUT2D eigenvalue weighted by Gasteiger charge is -2.29. The number of fused-ring (bicyclic) bond motifs is 2. The first-order valence-corrected chi connectivity index (χ1v) is 13.5. The minimum atomic E-state index is 0.584. The summed E-state index contributed by atoms with van der Waals surface area (Å²) in [6.07, 6.45) is 11.4. The number of aromatic amines is 2. The number of allylic oxidation sites excluding steroid dienone is 1. The Morgan fingerprint density at radius 2 is 1.78 bits per heavy atom. The number of H-pyrrole nitrogens is 2. The van der Waals surface area contributed by atoms with Gasteiger partial charge in [0.25, 0.3) is 0 Å². The van der Waals surface area contributed by atoms with Crippen molar-refractivity contribution in [2.24, 2.45) is 5.92 Å². The van der Waals surface area contributed by atoms with Crippen molar-refractivity contribution in [1.29, 1.82) is 0 Å². The van der Waals surface area contributed by atoms with Crippen molar-refractivity contribution in [3.8, 4) is 22.5 Å². The lowest BCUT2D eigenvalue weighted by atomic mass is 9.83. The fourth-order valence-electron chi connectivity index (χ4n) is 5.79. The molecule has 186 valence electrons. The lowest BCUT2D eigenvalue weighted by molar-refractivity contribution is 0.371. The second kappa shape index (κ2) is 9.11. The number of aromatic nitrogens is 4. The third-order valence-electron chi connectivity index (χ3n) is 8.13. The summed E-state index contributed by atoms with van der Waals surface area (Å²) >= 11 is 0. The van der Waals surface area contributed by atoms with Gasteiger partial charge in [0.1, 0.15) is 5.69 Å². The Morgan fingerprint density at radius 1 is 0.892 bits per heavy atom. The molecule has 7 rings (SSSR count). The first kappa shape index (κ1) is 22.2. The van der Waals surface area contributed by atoms with Crippen LogP contribution in [0.25, 0.3) is 44.3 Å². The van der Waals surface area contributed by atoms with Gasteiger partial charge in [-0.25, -0.2) is 0 Å². The van der Waals surface area contributed by atoms with Crippen LogP contribution in [0.2, 0.25) is 0 Å². The van der Waals surface area contributed by atoms with E-state index in [9.17, 15) is 0 Å². The minimum Gasteiger partial charge on any atom is -0.371 e. The summed E-state index contributed by atoms with van der Waals surface area (Å²) in [6.45, 7) is 6.51. The van der Waals surface area contributed by atoms with Crippen LogP contribution in [0.15, 0.2) is 73.2 Å². The highest BCUT2D eigenvalue weighted by Crippen LogP contribution is 2.36. The number of hydrogen-bond acceptors (Lipinski definition) is 4. The van der Waals surface area contributed by atoms with E-state index in [0.717, 1.165) is 63.4 Å². The molecule has 1 saturated heterocycles. The van der Waals surface area contributed by atoms with Crippen LogP contribution in [0.3, 0.4) is 0 Å². The summed E-state index contributed by atoms with van der Waals surface area (Å²) in [7, 11) is 0. The van der Waals surface area contributed by atoms with Gasteiger partial charge in [0.2, 0.25) is 0 Å². The molecule has 0 spiro atoms. The van der Waals surface area contributed by atoms with Crippen LogP contribution >= 0.6 is 0 Å². The fraction of sp³-hybridized carbons (Fsp3) is 0.290. The summed E-state index contributed by atoms with van der Waals surface area (Å²) in [6, 6.07) is 17.4. The molecule has 0 radical (unpaired) electrons. The molecule has 2 aliphatic rings. The van der Waals surface area contributed by atoms with Gasteiger partial charge in [-0.15, -0.1) is 0 Å². The zero-order chi connectivity index (χ0) is 24.8. The largest absolute Gasteiger partial charge is 0.371 e. The Kier molecular flexibility index (Phi) is 5.46. The van der Waals surface area contributed by atoms with E-state index < -0.39 is 0 Å². The zero-order valence-corrected chi connectivity index (χ0v) is 21.1. The second-order valence-corrected chi connectivity index (χ2v) is 10.5. The van der Waals surface area contributed by atoms with Crippen molar-refractivity contribution in [3.63, 3.8) is 0 Å². The van der Waals surface area contributed by atoms with Gasteiger partial charge in [-0.3, -0.25) is 10.1 Å². The van der Waals surface area contributed by atoms with E-state index in [0.29, 0.717) is 5.92 Å². The number of nitrogens with zero attached hydrogens (tertiary/aromatic N) is 3. The normalized spacial score (nSPS) is 16.3. The fourth-order valence-corrected chi connectivity index (χ4v) is 5.79. The molecule has 3 aromatic heterocycles. The molecular formula is C31H32N6. The molecule has 2 aromatic carbocycles. The van der Waals surface area contributed by atoms with E-state index in [1.54, 1.807) is 0 Å². The molecule has 5 aromatic rings. The van der Waals surface area contributed by atoms with Crippen LogP contribution < -0.4 is 10.2 Å². The van der Waals surface area contributed by atoms with E-state index in [1.807, 2.05) is 12.4 Å². The van der Waals surface area contributed by atoms with Crippen molar-refractivity contribution < 1.29 is 0 Å². The number of pyridine rings is 1. The monoisotopic (exact) mass is 488 g/mol. The molecule has 2 fully saturated rings. The van der Waals surface area contributed by atoms with E-state index in [-0.39, 0.29) is 0 Å². The van der Waals surface area contributed by atoms with Gasteiger partial charge in [-0.1, -0.05) is 25.1 Å². The maximum absolute atomic E-state index is 4.72. The Hall–Kier alpha value is -4.06. The Bertz CT molecular complexity index is 1600. The highest BCUT2D eigenvalue weighted by atomic mass is 15.1. The molecule has 0 amide bonds. The molecule has 0 bridgehead atoms. The van der Waals surface area contributed by atoms with Gasteiger partial charge in [-0.05, 0) is 80.0 Å².